The lowest BCUT2D eigenvalue weighted by molar-refractivity contribution is -0.119. The van der Waals surface area contributed by atoms with E-state index in [0.29, 0.717) is 10.8 Å². The first-order valence-electron chi connectivity index (χ1n) is 5.16. The molecule has 1 heterocycles. The maximum atomic E-state index is 11.8. The Labute approximate surface area is 109 Å². The van der Waals surface area contributed by atoms with Crippen LogP contribution in [0.3, 0.4) is 0 Å². The molecule has 0 saturated carbocycles. The summed E-state index contributed by atoms with van der Waals surface area (Å²) in [6.07, 6.45) is 3.44. The van der Waals surface area contributed by atoms with Gasteiger partial charge in [-0.1, -0.05) is 31.9 Å². The van der Waals surface area contributed by atoms with Crippen molar-refractivity contribution in [3.05, 3.63) is 21.9 Å². The standard InChI is InChI=1S/C11H14BrClN2O/c1-3-4-7(2)11(16)15-9-5-8(12)6-14-10(9)13/h5-7H,3-4H2,1-2H3,(H,15,16). The van der Waals surface area contributed by atoms with Gasteiger partial charge in [-0.2, -0.15) is 0 Å². The average molecular weight is 306 g/mol. The largest absolute Gasteiger partial charge is 0.323 e. The van der Waals surface area contributed by atoms with Gasteiger partial charge >= 0.3 is 0 Å². The van der Waals surface area contributed by atoms with Crippen LogP contribution in [0.2, 0.25) is 5.15 Å². The summed E-state index contributed by atoms with van der Waals surface area (Å²) in [5.41, 5.74) is 0.545. The van der Waals surface area contributed by atoms with Gasteiger partial charge in [0.05, 0.1) is 5.69 Å². The van der Waals surface area contributed by atoms with Crippen LogP contribution in [-0.2, 0) is 4.79 Å². The second-order valence-corrected chi connectivity index (χ2v) is 4.94. The van der Waals surface area contributed by atoms with E-state index < -0.39 is 0 Å². The third kappa shape index (κ3) is 3.76. The maximum Gasteiger partial charge on any atom is 0.227 e. The van der Waals surface area contributed by atoms with Gasteiger partial charge in [-0.15, -0.1) is 0 Å². The van der Waals surface area contributed by atoms with E-state index >= 15 is 0 Å². The van der Waals surface area contributed by atoms with Crippen molar-refractivity contribution in [2.45, 2.75) is 26.7 Å². The number of hydrogen-bond acceptors (Lipinski definition) is 2. The SMILES string of the molecule is CCCC(C)C(=O)Nc1cc(Br)cnc1Cl. The molecule has 88 valence electrons. The molecule has 3 nitrogen and oxygen atoms in total. The number of carbonyl (C=O) groups is 1. The molecule has 0 radical (unpaired) electrons. The van der Waals surface area contributed by atoms with E-state index in [1.807, 2.05) is 6.92 Å². The molecule has 0 aliphatic rings. The van der Waals surface area contributed by atoms with Crippen LogP contribution in [-0.4, -0.2) is 10.9 Å². The zero-order chi connectivity index (χ0) is 12.1. The molecule has 1 rings (SSSR count). The number of anilines is 1. The molecule has 0 saturated heterocycles. The number of halogens is 2. The average Bonchev–Trinajstić information content (AvgIpc) is 2.23. The minimum Gasteiger partial charge on any atom is -0.323 e. The quantitative estimate of drug-likeness (QED) is 0.858. The smallest absolute Gasteiger partial charge is 0.227 e. The summed E-state index contributed by atoms with van der Waals surface area (Å²) in [6.45, 7) is 3.95. The van der Waals surface area contributed by atoms with Gasteiger partial charge in [0.25, 0.3) is 0 Å². The Balaban J connectivity index is 2.72. The van der Waals surface area contributed by atoms with E-state index in [-0.39, 0.29) is 11.8 Å². The van der Waals surface area contributed by atoms with E-state index in [4.69, 9.17) is 11.6 Å². The number of nitrogens with zero attached hydrogens (tertiary/aromatic N) is 1. The zero-order valence-electron chi connectivity index (χ0n) is 9.26. The van der Waals surface area contributed by atoms with E-state index in [1.54, 1.807) is 12.3 Å². The summed E-state index contributed by atoms with van der Waals surface area (Å²) in [6, 6.07) is 1.74. The van der Waals surface area contributed by atoms with Crippen LogP contribution in [0.25, 0.3) is 0 Å². The summed E-state index contributed by atoms with van der Waals surface area (Å²) in [4.78, 5) is 15.7. The molecule has 5 heteroatoms. The first-order valence-corrected chi connectivity index (χ1v) is 6.33. The third-order valence-electron chi connectivity index (χ3n) is 2.23. The summed E-state index contributed by atoms with van der Waals surface area (Å²) < 4.78 is 0.787. The number of rotatable bonds is 4. The Bertz CT molecular complexity index is 384. The summed E-state index contributed by atoms with van der Waals surface area (Å²) >= 11 is 9.16. The van der Waals surface area contributed by atoms with Crippen LogP contribution >= 0.6 is 27.5 Å². The van der Waals surface area contributed by atoms with Gasteiger partial charge in [0.15, 0.2) is 5.15 Å². The van der Waals surface area contributed by atoms with Crippen molar-refractivity contribution in [2.75, 3.05) is 5.32 Å². The highest BCUT2D eigenvalue weighted by Crippen LogP contribution is 2.23. The molecule has 0 spiro atoms. The number of aromatic nitrogens is 1. The topological polar surface area (TPSA) is 42.0 Å². The molecule has 0 aliphatic heterocycles. The van der Waals surface area contributed by atoms with Crippen LogP contribution in [0.1, 0.15) is 26.7 Å². The van der Waals surface area contributed by atoms with Crippen molar-refractivity contribution in [2.24, 2.45) is 5.92 Å². The van der Waals surface area contributed by atoms with Gasteiger partial charge in [0.2, 0.25) is 5.91 Å². The van der Waals surface area contributed by atoms with Gasteiger partial charge in [-0.25, -0.2) is 4.98 Å². The number of carbonyl (C=O) groups excluding carboxylic acids is 1. The molecule has 1 N–H and O–H groups in total. The minimum atomic E-state index is -0.0244. The lowest BCUT2D eigenvalue weighted by Crippen LogP contribution is -2.20. The van der Waals surface area contributed by atoms with E-state index in [9.17, 15) is 4.79 Å². The van der Waals surface area contributed by atoms with E-state index in [1.165, 1.54) is 0 Å². The summed E-state index contributed by atoms with van der Waals surface area (Å²) in [5.74, 6) is -0.0382. The van der Waals surface area contributed by atoms with Crippen molar-refractivity contribution < 1.29 is 4.79 Å². The van der Waals surface area contributed by atoms with Crippen molar-refractivity contribution in [1.82, 2.24) is 4.98 Å². The fourth-order valence-electron chi connectivity index (χ4n) is 1.33. The highest BCUT2D eigenvalue weighted by Gasteiger charge is 2.13. The molecule has 1 aromatic rings. The Morgan fingerprint density at radius 3 is 3.00 bits per heavy atom. The molecular formula is C11H14BrClN2O. The number of amides is 1. The first kappa shape index (κ1) is 13.5. The molecule has 16 heavy (non-hydrogen) atoms. The van der Waals surface area contributed by atoms with Crippen molar-refractivity contribution in [3.8, 4) is 0 Å². The fraction of sp³-hybridized carbons (Fsp3) is 0.455. The van der Waals surface area contributed by atoms with E-state index in [2.05, 4.69) is 33.2 Å². The normalized spacial score (nSPS) is 12.2. The first-order chi connectivity index (χ1) is 7.54. The Kier molecular flexibility index (Phi) is 5.22. The predicted molar refractivity (Wildman–Crippen MR) is 69.6 cm³/mol. The van der Waals surface area contributed by atoms with Crippen molar-refractivity contribution in [3.63, 3.8) is 0 Å². The molecule has 1 aromatic heterocycles. The number of hydrogen-bond donors (Lipinski definition) is 1. The zero-order valence-corrected chi connectivity index (χ0v) is 11.6. The summed E-state index contributed by atoms with van der Waals surface area (Å²) in [5, 5.41) is 3.08. The van der Waals surface area contributed by atoms with Crippen molar-refractivity contribution >= 4 is 39.1 Å². The Hall–Kier alpha value is -0.610. The maximum absolute atomic E-state index is 11.8. The fourth-order valence-corrected chi connectivity index (χ4v) is 1.81. The van der Waals surface area contributed by atoms with Crippen LogP contribution in [0.5, 0.6) is 0 Å². The lowest BCUT2D eigenvalue weighted by Gasteiger charge is -2.11. The second-order valence-electron chi connectivity index (χ2n) is 3.67. The van der Waals surface area contributed by atoms with Gasteiger partial charge in [0.1, 0.15) is 0 Å². The number of nitrogens with one attached hydrogen (secondary N) is 1. The highest BCUT2D eigenvalue weighted by molar-refractivity contribution is 9.10. The monoisotopic (exact) mass is 304 g/mol. The van der Waals surface area contributed by atoms with Crippen LogP contribution in [0.15, 0.2) is 16.7 Å². The molecule has 0 fully saturated rings. The molecule has 1 atom stereocenters. The van der Waals surface area contributed by atoms with Gasteiger partial charge in [-0.3, -0.25) is 4.79 Å². The Morgan fingerprint density at radius 2 is 2.38 bits per heavy atom. The predicted octanol–water partition coefficient (Wildman–Crippen LogP) is 3.87. The van der Waals surface area contributed by atoms with Crippen LogP contribution in [0.4, 0.5) is 5.69 Å². The molecule has 1 amide bonds. The minimum absolute atomic E-state index is 0.0138. The second kappa shape index (κ2) is 6.21. The summed E-state index contributed by atoms with van der Waals surface area (Å²) in [7, 11) is 0. The molecular weight excluding hydrogens is 291 g/mol. The van der Waals surface area contributed by atoms with Gasteiger partial charge < -0.3 is 5.32 Å². The molecule has 0 aromatic carbocycles. The van der Waals surface area contributed by atoms with Crippen LogP contribution < -0.4 is 5.32 Å². The Morgan fingerprint density at radius 1 is 1.69 bits per heavy atom. The van der Waals surface area contributed by atoms with E-state index in [0.717, 1.165) is 17.3 Å². The highest BCUT2D eigenvalue weighted by atomic mass is 79.9. The third-order valence-corrected chi connectivity index (χ3v) is 2.97. The lowest BCUT2D eigenvalue weighted by atomic mass is 10.1. The molecule has 1 unspecified atom stereocenters. The molecule has 0 bridgehead atoms. The van der Waals surface area contributed by atoms with Crippen molar-refractivity contribution in [1.29, 1.82) is 0 Å². The van der Waals surface area contributed by atoms with Gasteiger partial charge in [-0.05, 0) is 28.4 Å². The molecule has 0 aliphatic carbocycles. The van der Waals surface area contributed by atoms with Crippen LogP contribution in [0, 0.1) is 5.92 Å². The number of pyridine rings is 1. The van der Waals surface area contributed by atoms with Gasteiger partial charge in [0, 0.05) is 16.6 Å².